The van der Waals surface area contributed by atoms with Crippen LogP contribution >= 0.6 is 45.9 Å². The lowest BCUT2D eigenvalue weighted by Gasteiger charge is -1.98. The maximum atomic E-state index is 12.2. The molecule has 1 amide bonds. The number of hydrazone groups is 1. The molecular formula is C22H16Cl2N4OS2. The van der Waals surface area contributed by atoms with Crippen molar-refractivity contribution >= 4 is 58.0 Å². The molecule has 0 saturated carbocycles. The number of carbonyl (C=O) groups is 1. The Labute approximate surface area is 197 Å². The van der Waals surface area contributed by atoms with E-state index >= 15 is 0 Å². The highest BCUT2D eigenvalue weighted by Gasteiger charge is 2.10. The summed E-state index contributed by atoms with van der Waals surface area (Å²) in [6, 6.07) is 15.0. The van der Waals surface area contributed by atoms with Gasteiger partial charge in [-0.2, -0.15) is 5.10 Å². The standard InChI is InChI=1S/C22H16Cl2N4OS2/c1-13-19(31-22(26-13)14-5-7-16(23)8-6-14)11-25-28-20(29)10-18-12-30-21(27-18)15-3-2-4-17(24)9-15/h2-9,11-12H,10H2,1H3,(H,28,29)/b25-11-. The van der Waals surface area contributed by atoms with E-state index in [4.69, 9.17) is 23.2 Å². The third-order valence-corrected chi connectivity index (χ3v) is 6.83. The first-order valence-corrected chi connectivity index (χ1v) is 11.7. The number of hydrogen-bond acceptors (Lipinski definition) is 6. The average Bonchev–Trinajstić information content (AvgIpc) is 3.35. The van der Waals surface area contributed by atoms with Crippen molar-refractivity contribution in [1.29, 1.82) is 0 Å². The SMILES string of the molecule is Cc1nc(-c2ccc(Cl)cc2)sc1/C=N\NC(=O)Cc1csc(-c2cccc(Cl)c2)n1. The van der Waals surface area contributed by atoms with Crippen LogP contribution in [0.5, 0.6) is 0 Å². The van der Waals surface area contributed by atoms with Gasteiger partial charge in [0, 0.05) is 26.6 Å². The molecule has 4 rings (SSSR count). The van der Waals surface area contributed by atoms with Crippen molar-refractivity contribution in [3.05, 3.63) is 80.2 Å². The Morgan fingerprint density at radius 2 is 1.87 bits per heavy atom. The van der Waals surface area contributed by atoms with Crippen LogP contribution in [-0.4, -0.2) is 22.1 Å². The Morgan fingerprint density at radius 3 is 2.65 bits per heavy atom. The lowest BCUT2D eigenvalue weighted by Crippen LogP contribution is -2.19. The summed E-state index contributed by atoms with van der Waals surface area (Å²) in [5.74, 6) is -0.237. The van der Waals surface area contributed by atoms with E-state index in [1.54, 1.807) is 6.21 Å². The van der Waals surface area contributed by atoms with Gasteiger partial charge in [-0.3, -0.25) is 4.79 Å². The summed E-state index contributed by atoms with van der Waals surface area (Å²) in [6.45, 7) is 1.91. The fourth-order valence-corrected chi connectivity index (χ4v) is 4.83. The number of amides is 1. The van der Waals surface area contributed by atoms with Crippen LogP contribution in [0, 0.1) is 6.92 Å². The molecule has 0 aliphatic heterocycles. The summed E-state index contributed by atoms with van der Waals surface area (Å²) in [4.78, 5) is 22.2. The smallest absolute Gasteiger partial charge is 0.246 e. The highest BCUT2D eigenvalue weighted by atomic mass is 35.5. The van der Waals surface area contributed by atoms with Gasteiger partial charge in [-0.25, -0.2) is 15.4 Å². The van der Waals surface area contributed by atoms with Gasteiger partial charge in [-0.1, -0.05) is 47.5 Å². The number of thiazole rings is 2. The summed E-state index contributed by atoms with van der Waals surface area (Å²) in [5.41, 5.74) is 6.01. The predicted octanol–water partition coefficient (Wildman–Crippen LogP) is 6.24. The molecule has 4 aromatic rings. The molecule has 0 aliphatic carbocycles. The summed E-state index contributed by atoms with van der Waals surface area (Å²) < 4.78 is 0. The van der Waals surface area contributed by atoms with Gasteiger partial charge in [0.15, 0.2) is 0 Å². The molecule has 0 spiro atoms. The number of nitrogens with one attached hydrogen (secondary N) is 1. The lowest BCUT2D eigenvalue weighted by atomic mass is 10.2. The van der Waals surface area contributed by atoms with Gasteiger partial charge in [-0.15, -0.1) is 22.7 Å². The van der Waals surface area contributed by atoms with Crippen LogP contribution in [0.25, 0.3) is 21.1 Å². The Hall–Kier alpha value is -2.58. The van der Waals surface area contributed by atoms with Crippen LogP contribution in [0.3, 0.4) is 0 Å². The molecule has 5 nitrogen and oxygen atoms in total. The van der Waals surface area contributed by atoms with Gasteiger partial charge in [0.05, 0.1) is 28.9 Å². The van der Waals surface area contributed by atoms with E-state index < -0.39 is 0 Å². The molecule has 31 heavy (non-hydrogen) atoms. The third-order valence-electron chi connectivity index (χ3n) is 4.26. The van der Waals surface area contributed by atoms with E-state index in [1.165, 1.54) is 22.7 Å². The summed E-state index contributed by atoms with van der Waals surface area (Å²) in [7, 11) is 0. The number of aryl methyl sites for hydroxylation is 1. The Kier molecular flexibility index (Phi) is 6.77. The van der Waals surface area contributed by atoms with E-state index in [-0.39, 0.29) is 12.3 Å². The number of nitrogens with zero attached hydrogens (tertiary/aromatic N) is 3. The van der Waals surface area contributed by atoms with Crippen LogP contribution in [0.4, 0.5) is 0 Å². The van der Waals surface area contributed by atoms with E-state index in [0.29, 0.717) is 15.7 Å². The minimum atomic E-state index is -0.237. The van der Waals surface area contributed by atoms with Crippen LogP contribution in [0.2, 0.25) is 10.0 Å². The molecule has 0 atom stereocenters. The number of aromatic nitrogens is 2. The number of rotatable bonds is 6. The molecule has 2 aromatic heterocycles. The van der Waals surface area contributed by atoms with Crippen LogP contribution < -0.4 is 5.43 Å². The van der Waals surface area contributed by atoms with Crippen molar-refractivity contribution in [2.45, 2.75) is 13.3 Å². The molecule has 156 valence electrons. The minimum absolute atomic E-state index is 0.145. The number of halogens is 2. The zero-order valence-electron chi connectivity index (χ0n) is 16.3. The molecule has 2 heterocycles. The molecule has 0 radical (unpaired) electrons. The van der Waals surface area contributed by atoms with Crippen molar-refractivity contribution < 1.29 is 4.79 Å². The van der Waals surface area contributed by atoms with E-state index in [9.17, 15) is 4.79 Å². The average molecular weight is 487 g/mol. The summed E-state index contributed by atoms with van der Waals surface area (Å²) in [6.07, 6.45) is 1.76. The Morgan fingerprint density at radius 1 is 1.06 bits per heavy atom. The normalized spacial score (nSPS) is 11.2. The van der Waals surface area contributed by atoms with Gasteiger partial charge >= 0.3 is 0 Å². The quantitative estimate of drug-likeness (QED) is 0.259. The molecule has 2 aromatic carbocycles. The second kappa shape index (κ2) is 9.70. The van der Waals surface area contributed by atoms with Gasteiger partial charge in [-0.05, 0) is 31.2 Å². The molecule has 0 saturated heterocycles. The monoisotopic (exact) mass is 486 g/mol. The summed E-state index contributed by atoms with van der Waals surface area (Å²) >= 11 is 15.0. The second-order valence-corrected chi connectivity index (χ2v) is 9.36. The first-order chi connectivity index (χ1) is 15.0. The van der Waals surface area contributed by atoms with Crippen LogP contribution in [-0.2, 0) is 11.2 Å². The van der Waals surface area contributed by atoms with Crippen molar-refractivity contribution in [1.82, 2.24) is 15.4 Å². The first-order valence-electron chi connectivity index (χ1n) is 9.23. The first kappa shape index (κ1) is 21.6. The van der Waals surface area contributed by atoms with Gasteiger partial charge in [0.1, 0.15) is 10.0 Å². The van der Waals surface area contributed by atoms with Crippen LogP contribution in [0.1, 0.15) is 16.3 Å². The number of hydrogen-bond donors (Lipinski definition) is 1. The van der Waals surface area contributed by atoms with Gasteiger partial charge in [0.25, 0.3) is 0 Å². The van der Waals surface area contributed by atoms with Crippen molar-refractivity contribution in [2.75, 3.05) is 0 Å². The van der Waals surface area contributed by atoms with Gasteiger partial charge in [0.2, 0.25) is 5.91 Å². The second-order valence-electron chi connectivity index (χ2n) is 6.60. The number of carbonyl (C=O) groups excluding carboxylic acids is 1. The molecular weight excluding hydrogens is 471 g/mol. The molecule has 1 N–H and O–H groups in total. The third kappa shape index (κ3) is 5.57. The molecule has 0 fully saturated rings. The van der Waals surface area contributed by atoms with Crippen molar-refractivity contribution in [3.8, 4) is 21.1 Å². The maximum Gasteiger partial charge on any atom is 0.246 e. The fraction of sp³-hybridized carbons (Fsp3) is 0.0909. The van der Waals surface area contributed by atoms with E-state index in [2.05, 4.69) is 20.5 Å². The van der Waals surface area contributed by atoms with Gasteiger partial charge < -0.3 is 0 Å². The fourth-order valence-electron chi connectivity index (χ4n) is 2.75. The zero-order valence-corrected chi connectivity index (χ0v) is 19.4. The molecule has 0 aliphatic rings. The maximum absolute atomic E-state index is 12.2. The van der Waals surface area contributed by atoms with Crippen molar-refractivity contribution in [3.63, 3.8) is 0 Å². The molecule has 9 heteroatoms. The van der Waals surface area contributed by atoms with Crippen LogP contribution in [0.15, 0.2) is 59.0 Å². The molecule has 0 unspecified atom stereocenters. The Balaban J connectivity index is 1.36. The zero-order chi connectivity index (χ0) is 21.8. The minimum Gasteiger partial charge on any atom is -0.273 e. The predicted molar refractivity (Wildman–Crippen MR) is 129 cm³/mol. The lowest BCUT2D eigenvalue weighted by molar-refractivity contribution is -0.120. The Bertz CT molecular complexity index is 1250. The largest absolute Gasteiger partial charge is 0.273 e. The topological polar surface area (TPSA) is 67.2 Å². The number of benzene rings is 2. The van der Waals surface area contributed by atoms with E-state index in [0.717, 1.165) is 31.7 Å². The highest BCUT2D eigenvalue weighted by Crippen LogP contribution is 2.28. The van der Waals surface area contributed by atoms with Crippen molar-refractivity contribution in [2.24, 2.45) is 5.10 Å². The van der Waals surface area contributed by atoms with E-state index in [1.807, 2.05) is 60.8 Å². The highest BCUT2D eigenvalue weighted by molar-refractivity contribution is 7.16. The molecule has 0 bridgehead atoms. The summed E-state index contributed by atoms with van der Waals surface area (Å²) in [5, 5.41) is 8.98.